The zero-order chi connectivity index (χ0) is 18.1. The molecule has 1 aliphatic carbocycles. The Bertz CT molecular complexity index is 968. The van der Waals surface area contributed by atoms with E-state index in [9.17, 15) is 4.79 Å². The first-order valence-electron chi connectivity index (χ1n) is 8.46. The molecule has 7 nitrogen and oxygen atoms in total. The van der Waals surface area contributed by atoms with Crippen molar-refractivity contribution in [3.63, 3.8) is 0 Å². The third-order valence-corrected chi connectivity index (χ3v) is 5.44. The van der Waals surface area contributed by atoms with Crippen LogP contribution in [0.5, 0.6) is 5.75 Å². The summed E-state index contributed by atoms with van der Waals surface area (Å²) in [4.78, 5) is 12.2. The molecule has 4 rings (SSSR count). The summed E-state index contributed by atoms with van der Waals surface area (Å²) in [5.74, 6) is 0.890. The maximum Gasteiger partial charge on any atom is 0.234 e. The number of hydrogen-bond donors (Lipinski definition) is 1. The number of carbonyl (C=O) groups is 1. The van der Waals surface area contributed by atoms with E-state index < -0.39 is 0 Å². The molecule has 0 radical (unpaired) electrons. The lowest BCUT2D eigenvalue weighted by Gasteiger charge is -2.07. The number of hydrogen-bond acceptors (Lipinski definition) is 6. The maximum atomic E-state index is 12.2. The van der Waals surface area contributed by atoms with Crippen LogP contribution in [-0.2, 0) is 17.6 Å². The molecule has 1 amide bonds. The first-order chi connectivity index (χ1) is 12.7. The fourth-order valence-corrected chi connectivity index (χ4v) is 3.86. The second-order valence-electron chi connectivity index (χ2n) is 6.19. The molecule has 0 saturated carbocycles. The molecule has 1 N–H and O–H groups in total. The number of thioether (sulfide) groups is 1. The van der Waals surface area contributed by atoms with Crippen LogP contribution < -0.4 is 10.1 Å². The highest BCUT2D eigenvalue weighted by Gasteiger charge is 2.21. The van der Waals surface area contributed by atoms with E-state index in [-0.39, 0.29) is 11.7 Å². The largest absolute Gasteiger partial charge is 0.497 e. The van der Waals surface area contributed by atoms with E-state index >= 15 is 0 Å². The number of benzene rings is 1. The first-order valence-corrected chi connectivity index (χ1v) is 9.44. The normalized spacial score (nSPS) is 13.0. The number of nitrogens with one attached hydrogen (secondary N) is 1. The summed E-state index contributed by atoms with van der Waals surface area (Å²) < 4.78 is 6.88. The van der Waals surface area contributed by atoms with Gasteiger partial charge in [-0.25, -0.2) is 0 Å². The third-order valence-electron chi connectivity index (χ3n) is 4.52. The quantitative estimate of drug-likeness (QED) is 0.697. The van der Waals surface area contributed by atoms with Gasteiger partial charge in [-0.3, -0.25) is 4.79 Å². The summed E-state index contributed by atoms with van der Waals surface area (Å²) in [6.45, 7) is 2.07. The van der Waals surface area contributed by atoms with Crippen molar-refractivity contribution in [2.24, 2.45) is 0 Å². The van der Waals surface area contributed by atoms with Crippen LogP contribution in [0, 0.1) is 6.92 Å². The number of fused-ring (bicyclic) bond motifs is 2. The van der Waals surface area contributed by atoms with Crippen LogP contribution in [0.4, 0.5) is 5.69 Å². The van der Waals surface area contributed by atoms with E-state index in [1.165, 1.54) is 17.3 Å². The van der Waals surface area contributed by atoms with Crippen molar-refractivity contribution in [3.8, 4) is 5.75 Å². The SMILES string of the molecule is COc1ccc(NC(=O)CSc2nnc3c(C)c4c(nn23)CCC4)cc1. The minimum atomic E-state index is -0.102. The van der Waals surface area contributed by atoms with E-state index in [0.717, 1.165) is 47.6 Å². The molecule has 26 heavy (non-hydrogen) atoms. The summed E-state index contributed by atoms with van der Waals surface area (Å²) in [6.07, 6.45) is 3.19. The number of aromatic nitrogens is 4. The number of carbonyl (C=O) groups excluding carboxylic acids is 1. The summed E-state index contributed by atoms with van der Waals surface area (Å²) in [7, 11) is 1.61. The van der Waals surface area contributed by atoms with Gasteiger partial charge in [0.25, 0.3) is 0 Å². The molecule has 0 unspecified atom stereocenters. The molecule has 2 heterocycles. The van der Waals surface area contributed by atoms with Gasteiger partial charge in [-0.2, -0.15) is 9.61 Å². The average Bonchev–Trinajstić information content (AvgIpc) is 3.28. The minimum Gasteiger partial charge on any atom is -0.497 e. The van der Waals surface area contributed by atoms with Crippen molar-refractivity contribution in [3.05, 3.63) is 41.1 Å². The number of aryl methyl sites for hydroxylation is 2. The number of rotatable bonds is 5. The van der Waals surface area contributed by atoms with Crippen molar-refractivity contribution < 1.29 is 9.53 Å². The standard InChI is InChI=1S/C18H19N5O2S/c1-11-14-4-3-5-15(14)22-23-17(11)20-21-18(23)26-10-16(24)19-12-6-8-13(25-2)9-7-12/h6-9H,3-5,10H2,1-2H3,(H,19,24). The van der Waals surface area contributed by atoms with Gasteiger partial charge in [0.1, 0.15) is 5.75 Å². The molecule has 3 aromatic rings. The van der Waals surface area contributed by atoms with Crippen LogP contribution in [-0.4, -0.2) is 38.6 Å². The van der Waals surface area contributed by atoms with Gasteiger partial charge in [0.15, 0.2) is 5.65 Å². The summed E-state index contributed by atoms with van der Waals surface area (Å²) >= 11 is 1.34. The highest BCUT2D eigenvalue weighted by atomic mass is 32.2. The van der Waals surface area contributed by atoms with Crippen LogP contribution >= 0.6 is 11.8 Å². The molecule has 0 bridgehead atoms. The Morgan fingerprint density at radius 3 is 2.85 bits per heavy atom. The lowest BCUT2D eigenvalue weighted by Crippen LogP contribution is -2.14. The van der Waals surface area contributed by atoms with Crippen LogP contribution in [0.15, 0.2) is 29.4 Å². The van der Waals surface area contributed by atoms with Gasteiger partial charge in [-0.1, -0.05) is 11.8 Å². The average molecular weight is 369 g/mol. The fourth-order valence-electron chi connectivity index (χ4n) is 3.18. The van der Waals surface area contributed by atoms with E-state index in [4.69, 9.17) is 4.74 Å². The number of ether oxygens (including phenoxy) is 1. The van der Waals surface area contributed by atoms with Gasteiger partial charge in [-0.15, -0.1) is 10.2 Å². The predicted molar refractivity (Wildman–Crippen MR) is 99.9 cm³/mol. The lowest BCUT2D eigenvalue weighted by molar-refractivity contribution is -0.113. The highest BCUT2D eigenvalue weighted by molar-refractivity contribution is 7.99. The van der Waals surface area contributed by atoms with Crippen molar-refractivity contribution in [1.82, 2.24) is 19.8 Å². The molecule has 8 heteroatoms. The smallest absolute Gasteiger partial charge is 0.234 e. The van der Waals surface area contributed by atoms with E-state index in [1.54, 1.807) is 11.6 Å². The molecule has 0 atom stereocenters. The van der Waals surface area contributed by atoms with E-state index in [2.05, 4.69) is 27.5 Å². The second-order valence-corrected chi connectivity index (χ2v) is 7.13. The van der Waals surface area contributed by atoms with Crippen molar-refractivity contribution in [1.29, 1.82) is 0 Å². The predicted octanol–water partition coefficient (Wildman–Crippen LogP) is 2.66. The minimum absolute atomic E-state index is 0.102. The molecule has 0 aliphatic heterocycles. The Balaban J connectivity index is 1.46. The molecule has 0 fully saturated rings. The van der Waals surface area contributed by atoms with Gasteiger partial charge in [0.05, 0.1) is 18.6 Å². The summed E-state index contributed by atoms with van der Waals surface area (Å²) in [5, 5.41) is 16.7. The zero-order valence-electron chi connectivity index (χ0n) is 14.7. The summed E-state index contributed by atoms with van der Waals surface area (Å²) in [6, 6.07) is 7.23. The molecule has 0 spiro atoms. The zero-order valence-corrected chi connectivity index (χ0v) is 15.5. The van der Waals surface area contributed by atoms with Crippen molar-refractivity contribution in [2.45, 2.75) is 31.3 Å². The van der Waals surface area contributed by atoms with Crippen molar-refractivity contribution >= 4 is 29.0 Å². The van der Waals surface area contributed by atoms with Crippen molar-refractivity contribution in [2.75, 3.05) is 18.2 Å². The summed E-state index contributed by atoms with van der Waals surface area (Å²) in [5.41, 5.74) is 5.09. The van der Waals surface area contributed by atoms with Crippen LogP contribution in [0.25, 0.3) is 5.65 Å². The number of anilines is 1. The monoisotopic (exact) mass is 369 g/mol. The van der Waals surface area contributed by atoms with Gasteiger partial charge in [0.2, 0.25) is 11.1 Å². The molecule has 0 saturated heterocycles. The second kappa shape index (κ2) is 6.95. The Kier molecular flexibility index (Phi) is 4.50. The van der Waals surface area contributed by atoms with E-state index in [0.29, 0.717) is 5.16 Å². The van der Waals surface area contributed by atoms with E-state index in [1.807, 2.05) is 24.3 Å². The number of methoxy groups -OCH3 is 1. The fraction of sp³-hybridized carbons (Fsp3) is 0.333. The maximum absolute atomic E-state index is 12.2. The molecule has 2 aromatic heterocycles. The molecule has 1 aliphatic rings. The Hall–Kier alpha value is -2.61. The van der Waals surface area contributed by atoms with Gasteiger partial charge < -0.3 is 10.1 Å². The number of amides is 1. The Labute approximate surface area is 155 Å². The highest BCUT2D eigenvalue weighted by Crippen LogP contribution is 2.27. The Morgan fingerprint density at radius 2 is 2.08 bits per heavy atom. The van der Waals surface area contributed by atoms with Gasteiger partial charge >= 0.3 is 0 Å². The van der Waals surface area contributed by atoms with Gasteiger partial charge in [0, 0.05) is 11.3 Å². The number of nitrogens with zero attached hydrogens (tertiary/aromatic N) is 4. The molecular formula is C18H19N5O2S. The molecular weight excluding hydrogens is 350 g/mol. The topological polar surface area (TPSA) is 81.4 Å². The Morgan fingerprint density at radius 1 is 1.27 bits per heavy atom. The van der Waals surface area contributed by atoms with Crippen LogP contribution in [0.1, 0.15) is 23.2 Å². The molecule has 134 valence electrons. The van der Waals surface area contributed by atoms with Gasteiger partial charge in [-0.05, 0) is 56.0 Å². The molecule has 1 aromatic carbocycles. The van der Waals surface area contributed by atoms with Crippen LogP contribution in [0.3, 0.4) is 0 Å². The third kappa shape index (κ3) is 3.12. The first kappa shape index (κ1) is 16.8. The lowest BCUT2D eigenvalue weighted by atomic mass is 10.1. The van der Waals surface area contributed by atoms with Crippen LogP contribution in [0.2, 0.25) is 0 Å².